The first-order valence-electron chi connectivity index (χ1n) is 5.80. The maximum Gasteiger partial charge on any atom is 0.213 e. The minimum atomic E-state index is 0.549. The highest BCUT2D eigenvalue weighted by molar-refractivity contribution is 7.09. The average molecular weight is 283 g/mol. The highest BCUT2D eigenvalue weighted by atomic mass is 35.5. The van der Waals surface area contributed by atoms with E-state index in [2.05, 4.69) is 17.2 Å². The molecule has 0 spiro atoms. The van der Waals surface area contributed by atoms with Gasteiger partial charge in [-0.15, -0.1) is 11.3 Å². The van der Waals surface area contributed by atoms with Crippen LogP contribution in [-0.4, -0.2) is 11.5 Å². The highest BCUT2D eigenvalue weighted by Crippen LogP contribution is 2.20. The van der Waals surface area contributed by atoms with Gasteiger partial charge in [-0.05, 0) is 23.6 Å². The minimum Gasteiger partial charge on any atom is -0.472 e. The van der Waals surface area contributed by atoms with E-state index in [0.717, 1.165) is 18.7 Å². The molecule has 0 aliphatic rings. The normalized spacial score (nSPS) is 10.6. The van der Waals surface area contributed by atoms with E-state index in [9.17, 15) is 0 Å². The number of pyridine rings is 1. The molecule has 0 unspecified atom stereocenters. The zero-order valence-corrected chi connectivity index (χ0v) is 11.7. The van der Waals surface area contributed by atoms with Crippen molar-refractivity contribution in [2.24, 2.45) is 0 Å². The number of aromatic nitrogens is 1. The summed E-state index contributed by atoms with van der Waals surface area (Å²) in [5, 5.41) is 5.93. The van der Waals surface area contributed by atoms with Crippen LogP contribution in [0.25, 0.3) is 0 Å². The molecule has 0 aliphatic carbocycles. The third-order valence-corrected chi connectivity index (χ3v) is 3.61. The predicted molar refractivity (Wildman–Crippen MR) is 75.3 cm³/mol. The van der Waals surface area contributed by atoms with Crippen molar-refractivity contribution < 1.29 is 4.74 Å². The molecule has 0 fully saturated rings. The molecule has 2 aromatic heterocycles. The lowest BCUT2D eigenvalue weighted by atomic mass is 10.2. The van der Waals surface area contributed by atoms with E-state index in [1.165, 1.54) is 4.88 Å². The second-order valence-electron chi connectivity index (χ2n) is 3.76. The Hall–Kier alpha value is -1.10. The summed E-state index contributed by atoms with van der Waals surface area (Å²) in [5.74, 6) is 0.612. The van der Waals surface area contributed by atoms with E-state index >= 15 is 0 Å². The Morgan fingerprint density at radius 2 is 2.39 bits per heavy atom. The molecule has 2 aromatic rings. The van der Waals surface area contributed by atoms with Crippen LogP contribution in [0.1, 0.15) is 17.4 Å². The smallest absolute Gasteiger partial charge is 0.213 e. The second-order valence-corrected chi connectivity index (χ2v) is 5.20. The van der Waals surface area contributed by atoms with Gasteiger partial charge in [-0.2, -0.15) is 0 Å². The van der Waals surface area contributed by atoms with Crippen LogP contribution in [0.15, 0.2) is 29.8 Å². The van der Waals surface area contributed by atoms with Crippen LogP contribution < -0.4 is 10.1 Å². The third kappa shape index (κ3) is 3.70. The summed E-state index contributed by atoms with van der Waals surface area (Å²) in [7, 11) is 0. The zero-order chi connectivity index (χ0) is 12.8. The molecular weight excluding hydrogens is 268 g/mol. The molecule has 0 radical (unpaired) electrons. The van der Waals surface area contributed by atoms with E-state index in [1.54, 1.807) is 17.5 Å². The number of rotatable bonds is 6. The van der Waals surface area contributed by atoms with E-state index < -0.39 is 0 Å². The fourth-order valence-corrected chi connectivity index (χ4v) is 2.26. The van der Waals surface area contributed by atoms with E-state index in [0.29, 0.717) is 17.5 Å². The molecule has 0 atom stereocenters. The molecule has 2 rings (SSSR count). The maximum absolute atomic E-state index is 6.08. The van der Waals surface area contributed by atoms with Crippen LogP contribution in [0.3, 0.4) is 0 Å². The molecule has 0 aromatic carbocycles. The van der Waals surface area contributed by atoms with Gasteiger partial charge in [0, 0.05) is 23.7 Å². The minimum absolute atomic E-state index is 0.549. The average Bonchev–Trinajstić information content (AvgIpc) is 2.89. The van der Waals surface area contributed by atoms with Gasteiger partial charge < -0.3 is 10.1 Å². The molecule has 0 bridgehead atoms. The monoisotopic (exact) mass is 282 g/mol. The number of hydrogen-bond acceptors (Lipinski definition) is 4. The Balaban J connectivity index is 2.00. The lowest BCUT2D eigenvalue weighted by molar-refractivity contribution is 0.297. The Bertz CT molecular complexity index is 488. The van der Waals surface area contributed by atoms with Crippen molar-refractivity contribution in [2.75, 3.05) is 6.54 Å². The lowest BCUT2D eigenvalue weighted by Gasteiger charge is -2.08. The van der Waals surface area contributed by atoms with Crippen LogP contribution in [0.5, 0.6) is 5.88 Å². The van der Waals surface area contributed by atoms with Gasteiger partial charge in [0.2, 0.25) is 5.88 Å². The fraction of sp³-hybridized carbons (Fsp3) is 0.308. The number of nitrogens with one attached hydrogen (secondary N) is 1. The zero-order valence-electron chi connectivity index (χ0n) is 10.1. The first-order chi connectivity index (χ1) is 8.79. The third-order valence-electron chi connectivity index (χ3n) is 2.42. The summed E-state index contributed by atoms with van der Waals surface area (Å²) >= 11 is 7.75. The van der Waals surface area contributed by atoms with Crippen molar-refractivity contribution in [3.05, 3.63) is 45.2 Å². The van der Waals surface area contributed by atoms with Gasteiger partial charge in [-0.25, -0.2) is 4.98 Å². The number of halogens is 1. The van der Waals surface area contributed by atoms with E-state index in [4.69, 9.17) is 16.3 Å². The second kappa shape index (κ2) is 6.73. The molecule has 96 valence electrons. The summed E-state index contributed by atoms with van der Waals surface area (Å²) in [6.07, 6.45) is 1.64. The number of nitrogens with zero attached hydrogens (tertiary/aromatic N) is 1. The molecule has 18 heavy (non-hydrogen) atoms. The molecule has 2 heterocycles. The van der Waals surface area contributed by atoms with Crippen LogP contribution >= 0.6 is 22.9 Å². The van der Waals surface area contributed by atoms with Crippen LogP contribution in [0.2, 0.25) is 5.02 Å². The predicted octanol–water partition coefficient (Wildman–Crippen LogP) is 3.49. The largest absolute Gasteiger partial charge is 0.472 e. The van der Waals surface area contributed by atoms with Crippen molar-refractivity contribution in [1.82, 2.24) is 10.3 Å². The molecule has 1 N–H and O–H groups in total. The standard InChI is InChI=1S/C13H15ClN2OS/c1-2-15-7-10-6-13(16-8-12(10)14)17-9-11-4-3-5-18-11/h3-6,8,15H,2,7,9H2,1H3. The van der Waals surface area contributed by atoms with Crippen molar-refractivity contribution in [2.45, 2.75) is 20.1 Å². The topological polar surface area (TPSA) is 34.1 Å². The summed E-state index contributed by atoms with van der Waals surface area (Å²) in [6.45, 7) is 4.24. The molecule has 0 saturated carbocycles. The Kier molecular flexibility index (Phi) is 4.99. The Labute approximate surface area is 116 Å². The van der Waals surface area contributed by atoms with Crippen LogP contribution in [0, 0.1) is 0 Å². The molecule has 3 nitrogen and oxygen atoms in total. The van der Waals surface area contributed by atoms with Gasteiger partial charge in [-0.1, -0.05) is 24.6 Å². The first-order valence-corrected chi connectivity index (χ1v) is 7.05. The number of thiophene rings is 1. The van der Waals surface area contributed by atoms with Gasteiger partial charge in [0.05, 0.1) is 5.02 Å². The summed E-state index contributed by atoms with van der Waals surface area (Å²) in [5.41, 5.74) is 1.01. The van der Waals surface area contributed by atoms with Gasteiger partial charge in [-0.3, -0.25) is 0 Å². The SMILES string of the molecule is CCNCc1cc(OCc2cccs2)ncc1Cl. The van der Waals surface area contributed by atoms with Crippen molar-refractivity contribution in [1.29, 1.82) is 0 Å². The Morgan fingerprint density at radius 1 is 1.50 bits per heavy atom. The van der Waals surface area contributed by atoms with E-state index in [1.807, 2.05) is 23.6 Å². The van der Waals surface area contributed by atoms with Crippen LogP contribution in [0.4, 0.5) is 0 Å². The summed E-state index contributed by atoms with van der Waals surface area (Å²) in [6, 6.07) is 5.94. The quantitative estimate of drug-likeness (QED) is 0.881. The molecule has 0 saturated heterocycles. The van der Waals surface area contributed by atoms with Gasteiger partial charge in [0.25, 0.3) is 0 Å². The molecular formula is C13H15ClN2OS. The summed E-state index contributed by atoms with van der Waals surface area (Å²) in [4.78, 5) is 5.35. The molecule has 5 heteroatoms. The van der Waals surface area contributed by atoms with Crippen molar-refractivity contribution in [3.8, 4) is 5.88 Å². The van der Waals surface area contributed by atoms with Crippen LogP contribution in [-0.2, 0) is 13.2 Å². The van der Waals surface area contributed by atoms with Crippen molar-refractivity contribution >= 4 is 22.9 Å². The highest BCUT2D eigenvalue weighted by Gasteiger charge is 2.04. The number of ether oxygens (including phenoxy) is 1. The van der Waals surface area contributed by atoms with Gasteiger partial charge in [0.15, 0.2) is 0 Å². The Morgan fingerprint density at radius 3 is 3.11 bits per heavy atom. The first kappa shape index (κ1) is 13.3. The maximum atomic E-state index is 6.08. The fourth-order valence-electron chi connectivity index (χ4n) is 1.47. The van der Waals surface area contributed by atoms with E-state index in [-0.39, 0.29) is 0 Å². The van der Waals surface area contributed by atoms with Crippen molar-refractivity contribution in [3.63, 3.8) is 0 Å². The molecule has 0 aliphatic heterocycles. The number of hydrogen-bond donors (Lipinski definition) is 1. The molecule has 0 amide bonds. The van der Waals surface area contributed by atoms with Gasteiger partial charge in [0.1, 0.15) is 6.61 Å². The lowest BCUT2D eigenvalue weighted by Crippen LogP contribution is -2.12. The summed E-state index contributed by atoms with van der Waals surface area (Å²) < 4.78 is 5.64. The van der Waals surface area contributed by atoms with Gasteiger partial charge >= 0.3 is 0 Å².